The summed E-state index contributed by atoms with van der Waals surface area (Å²) in [6.45, 7) is 0. The monoisotopic (exact) mass is 387 g/mol. The molecule has 0 atom stereocenters. The summed E-state index contributed by atoms with van der Waals surface area (Å²) in [6.07, 6.45) is 2.19. The van der Waals surface area contributed by atoms with Crippen LogP contribution in [0.4, 0.5) is 0 Å². The van der Waals surface area contributed by atoms with E-state index in [4.69, 9.17) is 5.21 Å². The summed E-state index contributed by atoms with van der Waals surface area (Å²) in [5.74, 6) is -2.86. The highest BCUT2D eigenvalue weighted by molar-refractivity contribution is 5.89. The second-order valence-electron chi connectivity index (χ2n) is 6.95. The number of carboxylic acid groups (broad SMARTS) is 2. The van der Waals surface area contributed by atoms with Crippen LogP contribution in [-0.4, -0.2) is 43.5 Å². The maximum atomic E-state index is 11.8. The predicted molar refractivity (Wildman–Crippen MR) is 97.0 cm³/mol. The van der Waals surface area contributed by atoms with E-state index in [2.05, 4.69) is 10.2 Å². The summed E-state index contributed by atoms with van der Waals surface area (Å²) >= 11 is 0. The first kappa shape index (κ1) is 19.6. The van der Waals surface area contributed by atoms with E-state index in [1.54, 1.807) is 17.6 Å². The number of amides is 1. The zero-order valence-electron chi connectivity index (χ0n) is 15.0. The molecule has 0 radical (unpaired) electrons. The molecule has 1 aromatic carbocycles. The van der Waals surface area contributed by atoms with E-state index in [0.717, 1.165) is 0 Å². The van der Waals surface area contributed by atoms with Gasteiger partial charge in [0.1, 0.15) is 0 Å². The lowest BCUT2D eigenvalue weighted by Crippen LogP contribution is -2.23. The highest BCUT2D eigenvalue weighted by Gasteiger charge is 2.31. The molecule has 0 aliphatic heterocycles. The molecule has 1 saturated carbocycles. The average Bonchev–Trinajstić information content (AvgIpc) is 3.11. The average molecular weight is 387 g/mol. The molecule has 0 bridgehead atoms. The second-order valence-corrected chi connectivity index (χ2v) is 6.95. The number of nitrogens with zero attached hydrogens (tertiary/aromatic N) is 1. The fraction of sp³-hybridized carbons (Fsp3) is 0.368. The first-order valence-corrected chi connectivity index (χ1v) is 8.97. The molecule has 5 N–H and O–H groups in total. The minimum atomic E-state index is -1.07. The Labute approximate surface area is 160 Å². The number of aliphatic carboxylic acids is 1. The van der Waals surface area contributed by atoms with Crippen molar-refractivity contribution in [2.45, 2.75) is 38.0 Å². The molecule has 0 spiro atoms. The van der Waals surface area contributed by atoms with E-state index in [1.165, 1.54) is 12.1 Å². The van der Waals surface area contributed by atoms with Gasteiger partial charge in [0.2, 0.25) is 5.91 Å². The largest absolute Gasteiger partial charge is 0.481 e. The van der Waals surface area contributed by atoms with Crippen molar-refractivity contribution in [3.8, 4) is 11.3 Å². The number of benzene rings is 1. The van der Waals surface area contributed by atoms with Gasteiger partial charge in [-0.1, -0.05) is 12.1 Å². The number of hydroxylamine groups is 1. The summed E-state index contributed by atoms with van der Waals surface area (Å²) in [4.78, 5) is 34.3. The van der Waals surface area contributed by atoms with E-state index in [-0.39, 0.29) is 23.8 Å². The topological polar surface area (TPSA) is 153 Å². The number of nitrogens with one attached hydrogen (secondary N) is 2. The molecular weight excluding hydrogens is 366 g/mol. The molecule has 28 heavy (non-hydrogen) atoms. The fourth-order valence-electron chi connectivity index (χ4n) is 3.76. The van der Waals surface area contributed by atoms with Crippen molar-refractivity contribution in [2.75, 3.05) is 0 Å². The number of aromatic amines is 1. The Hall–Kier alpha value is -3.20. The SMILES string of the molecule is O=C(Cc1c(-c2cccc(C(=O)O)c2)[nH]nc1[C@H]1CC[C@@H](C(=O)O)CC1)NO. The molecule has 1 fully saturated rings. The number of aromatic carboxylic acids is 1. The minimum absolute atomic E-state index is 0.00949. The zero-order chi connectivity index (χ0) is 20.3. The molecule has 1 aliphatic carbocycles. The maximum Gasteiger partial charge on any atom is 0.335 e. The van der Waals surface area contributed by atoms with Crippen molar-refractivity contribution < 1.29 is 29.8 Å². The van der Waals surface area contributed by atoms with E-state index in [0.29, 0.717) is 48.2 Å². The van der Waals surface area contributed by atoms with Gasteiger partial charge in [-0.25, -0.2) is 10.3 Å². The number of rotatable bonds is 6. The van der Waals surface area contributed by atoms with Crippen molar-refractivity contribution in [1.29, 1.82) is 0 Å². The fourth-order valence-corrected chi connectivity index (χ4v) is 3.76. The van der Waals surface area contributed by atoms with E-state index < -0.39 is 17.8 Å². The molecule has 1 aromatic heterocycles. The molecule has 9 heteroatoms. The third-order valence-electron chi connectivity index (χ3n) is 5.22. The van der Waals surface area contributed by atoms with Crippen molar-refractivity contribution in [2.24, 2.45) is 5.92 Å². The minimum Gasteiger partial charge on any atom is -0.481 e. The molecule has 1 aliphatic rings. The number of hydrogen-bond acceptors (Lipinski definition) is 5. The van der Waals surface area contributed by atoms with Crippen LogP contribution in [0.1, 0.15) is 53.2 Å². The van der Waals surface area contributed by atoms with Gasteiger partial charge in [0.05, 0.1) is 29.3 Å². The Morgan fingerprint density at radius 2 is 1.86 bits per heavy atom. The van der Waals surface area contributed by atoms with E-state index >= 15 is 0 Å². The Morgan fingerprint density at radius 3 is 2.46 bits per heavy atom. The molecular formula is C19H21N3O6. The van der Waals surface area contributed by atoms with Gasteiger partial charge in [-0.05, 0) is 37.8 Å². The van der Waals surface area contributed by atoms with Crippen LogP contribution in [0.5, 0.6) is 0 Å². The lowest BCUT2D eigenvalue weighted by Gasteiger charge is -2.25. The van der Waals surface area contributed by atoms with Gasteiger partial charge in [0, 0.05) is 17.0 Å². The summed E-state index contributed by atoms with van der Waals surface area (Å²) in [7, 11) is 0. The number of carbonyl (C=O) groups is 3. The molecule has 3 rings (SSSR count). The lowest BCUT2D eigenvalue weighted by atomic mass is 9.79. The van der Waals surface area contributed by atoms with Crippen LogP contribution in [0.3, 0.4) is 0 Å². The molecule has 1 heterocycles. The Morgan fingerprint density at radius 1 is 1.14 bits per heavy atom. The quantitative estimate of drug-likeness (QED) is 0.376. The number of carbonyl (C=O) groups excluding carboxylic acids is 1. The normalized spacial score (nSPS) is 19.2. The van der Waals surface area contributed by atoms with Crippen molar-refractivity contribution in [3.05, 3.63) is 41.1 Å². The number of carboxylic acids is 2. The zero-order valence-corrected chi connectivity index (χ0v) is 15.0. The number of hydrogen-bond donors (Lipinski definition) is 5. The van der Waals surface area contributed by atoms with Gasteiger partial charge >= 0.3 is 11.9 Å². The first-order chi connectivity index (χ1) is 13.4. The van der Waals surface area contributed by atoms with Crippen LogP contribution >= 0.6 is 0 Å². The number of aromatic nitrogens is 2. The first-order valence-electron chi connectivity index (χ1n) is 8.97. The predicted octanol–water partition coefficient (Wildman–Crippen LogP) is 2.18. The lowest BCUT2D eigenvalue weighted by molar-refractivity contribution is -0.142. The third-order valence-corrected chi connectivity index (χ3v) is 5.22. The highest BCUT2D eigenvalue weighted by Crippen LogP contribution is 2.39. The van der Waals surface area contributed by atoms with Gasteiger partial charge in [-0.15, -0.1) is 0 Å². The Bertz CT molecular complexity index is 899. The summed E-state index contributed by atoms with van der Waals surface area (Å²) in [6, 6.07) is 6.27. The van der Waals surface area contributed by atoms with Gasteiger partial charge in [-0.3, -0.25) is 19.9 Å². The van der Waals surface area contributed by atoms with Gasteiger partial charge in [-0.2, -0.15) is 5.10 Å². The summed E-state index contributed by atoms with van der Waals surface area (Å²) in [5, 5.41) is 34.6. The molecule has 148 valence electrons. The second kappa shape index (κ2) is 8.22. The van der Waals surface area contributed by atoms with Crippen molar-refractivity contribution >= 4 is 17.8 Å². The Kier molecular flexibility index (Phi) is 5.74. The van der Waals surface area contributed by atoms with E-state index in [9.17, 15) is 24.6 Å². The van der Waals surface area contributed by atoms with E-state index in [1.807, 2.05) is 0 Å². The maximum absolute atomic E-state index is 11.8. The molecule has 0 unspecified atom stereocenters. The van der Waals surface area contributed by atoms with Crippen molar-refractivity contribution in [3.63, 3.8) is 0 Å². The molecule has 2 aromatic rings. The van der Waals surface area contributed by atoms with Crippen LogP contribution in [0.2, 0.25) is 0 Å². The van der Waals surface area contributed by atoms with Gasteiger partial charge in [0.15, 0.2) is 0 Å². The smallest absolute Gasteiger partial charge is 0.335 e. The van der Waals surface area contributed by atoms with Crippen LogP contribution in [0.25, 0.3) is 11.3 Å². The van der Waals surface area contributed by atoms with Crippen molar-refractivity contribution in [1.82, 2.24) is 15.7 Å². The van der Waals surface area contributed by atoms with Crippen LogP contribution in [0.15, 0.2) is 24.3 Å². The third kappa shape index (κ3) is 4.04. The molecule has 0 saturated heterocycles. The molecule has 9 nitrogen and oxygen atoms in total. The molecule has 1 amide bonds. The van der Waals surface area contributed by atoms with Crippen LogP contribution in [0, 0.1) is 5.92 Å². The number of H-pyrrole nitrogens is 1. The summed E-state index contributed by atoms with van der Waals surface area (Å²) in [5.41, 5.74) is 4.03. The standard InChI is InChI=1S/C19H21N3O6/c23-15(22-28)9-14-16(10-4-6-11(7-5-10)18(24)25)20-21-17(14)12-2-1-3-13(8-12)19(26)27/h1-3,8,10-11,28H,4-7,9H2,(H,20,21)(H,22,23)(H,24,25)(H,26,27)/t10-,11+. The Balaban J connectivity index is 1.96. The summed E-state index contributed by atoms with van der Waals surface area (Å²) < 4.78 is 0. The van der Waals surface area contributed by atoms with Gasteiger partial charge < -0.3 is 10.2 Å². The van der Waals surface area contributed by atoms with Crippen LogP contribution < -0.4 is 5.48 Å². The van der Waals surface area contributed by atoms with Crippen LogP contribution in [-0.2, 0) is 16.0 Å². The van der Waals surface area contributed by atoms with Gasteiger partial charge in [0.25, 0.3) is 0 Å². The highest BCUT2D eigenvalue weighted by atomic mass is 16.5.